The van der Waals surface area contributed by atoms with Crippen molar-refractivity contribution < 1.29 is 9.53 Å². The van der Waals surface area contributed by atoms with Crippen LogP contribution in [0.3, 0.4) is 0 Å². The Hall–Kier alpha value is -2.16. The second-order valence-electron chi connectivity index (χ2n) is 3.59. The molecule has 0 bridgehead atoms. The van der Waals surface area contributed by atoms with Gasteiger partial charge in [0.1, 0.15) is 0 Å². The lowest BCUT2D eigenvalue weighted by Gasteiger charge is -2.07. The van der Waals surface area contributed by atoms with Crippen molar-refractivity contribution in [1.29, 1.82) is 0 Å². The Morgan fingerprint density at radius 3 is 2.95 bits per heavy atom. The van der Waals surface area contributed by atoms with E-state index in [1.165, 1.54) is 23.6 Å². The zero-order valence-corrected chi connectivity index (χ0v) is 11.9. The number of carbonyl (C=O) groups excluding carboxylic acids is 1. The van der Waals surface area contributed by atoms with Gasteiger partial charge < -0.3 is 10.1 Å². The normalized spacial score (nSPS) is 10.3. The van der Waals surface area contributed by atoms with Crippen LogP contribution in [0, 0.1) is 0 Å². The highest BCUT2D eigenvalue weighted by Crippen LogP contribution is 2.16. The molecule has 0 atom stereocenters. The summed E-state index contributed by atoms with van der Waals surface area (Å²) in [5, 5.41) is 7.53. The van der Waals surface area contributed by atoms with E-state index in [0.29, 0.717) is 23.6 Å². The Kier molecular flexibility index (Phi) is 4.88. The highest BCUT2D eigenvalue weighted by Gasteiger charge is 2.10. The minimum absolute atomic E-state index is 0.143. The number of thioether (sulfide) groups is 1. The Bertz CT molecular complexity index is 574. The van der Waals surface area contributed by atoms with Crippen LogP contribution in [0.5, 0.6) is 0 Å². The van der Waals surface area contributed by atoms with Crippen molar-refractivity contribution in [2.24, 2.45) is 0 Å². The van der Waals surface area contributed by atoms with E-state index in [2.05, 4.69) is 30.1 Å². The summed E-state index contributed by atoms with van der Waals surface area (Å²) in [6, 6.07) is 1.78. The zero-order valence-electron chi connectivity index (χ0n) is 11.1. The van der Waals surface area contributed by atoms with Gasteiger partial charge in [-0.1, -0.05) is 11.8 Å². The third-order valence-electron chi connectivity index (χ3n) is 2.19. The van der Waals surface area contributed by atoms with E-state index >= 15 is 0 Å². The molecule has 0 aliphatic rings. The van der Waals surface area contributed by atoms with Crippen LogP contribution in [0.1, 0.15) is 6.92 Å². The molecule has 2 aromatic heterocycles. The third-order valence-corrected chi connectivity index (χ3v) is 3.01. The van der Waals surface area contributed by atoms with E-state index in [1.54, 1.807) is 18.5 Å². The molecule has 9 heteroatoms. The lowest BCUT2D eigenvalue weighted by molar-refractivity contribution is -0.137. The van der Waals surface area contributed by atoms with Gasteiger partial charge in [0.25, 0.3) is 5.95 Å². The van der Waals surface area contributed by atoms with Crippen molar-refractivity contribution in [3.05, 3.63) is 18.5 Å². The number of ether oxygens (including phenoxy) is 1. The average molecular weight is 294 g/mol. The number of aromatic nitrogens is 5. The zero-order chi connectivity index (χ0) is 14.4. The van der Waals surface area contributed by atoms with Gasteiger partial charge in [0.05, 0.1) is 12.9 Å². The van der Waals surface area contributed by atoms with Crippen LogP contribution in [0.15, 0.2) is 23.6 Å². The molecule has 2 rings (SSSR count). The summed E-state index contributed by atoms with van der Waals surface area (Å²) in [5.41, 5.74) is 0. The van der Waals surface area contributed by atoms with Crippen LogP contribution in [0.2, 0.25) is 0 Å². The van der Waals surface area contributed by atoms with Gasteiger partial charge in [-0.3, -0.25) is 4.79 Å². The number of rotatable bonds is 6. The first kappa shape index (κ1) is 14.3. The molecule has 0 saturated heterocycles. The fraction of sp³-hybridized carbons (Fsp3) is 0.364. The van der Waals surface area contributed by atoms with E-state index < -0.39 is 0 Å². The van der Waals surface area contributed by atoms with Gasteiger partial charge in [0.2, 0.25) is 5.95 Å². The molecule has 20 heavy (non-hydrogen) atoms. The Labute approximate surface area is 120 Å². The van der Waals surface area contributed by atoms with Gasteiger partial charge in [-0.2, -0.15) is 20.1 Å². The monoisotopic (exact) mass is 294 g/mol. The first-order chi connectivity index (χ1) is 9.72. The summed E-state index contributed by atoms with van der Waals surface area (Å²) >= 11 is 1.19. The van der Waals surface area contributed by atoms with E-state index in [4.69, 9.17) is 0 Å². The van der Waals surface area contributed by atoms with Crippen molar-refractivity contribution in [3.8, 4) is 5.95 Å². The number of hydrogen-bond donors (Lipinski definition) is 1. The van der Waals surface area contributed by atoms with E-state index in [-0.39, 0.29) is 11.7 Å². The lowest BCUT2D eigenvalue weighted by atomic mass is 10.7. The molecule has 0 fully saturated rings. The van der Waals surface area contributed by atoms with Crippen molar-refractivity contribution in [2.75, 3.05) is 24.7 Å². The molecule has 106 valence electrons. The van der Waals surface area contributed by atoms with Gasteiger partial charge in [0, 0.05) is 18.9 Å². The topological polar surface area (TPSA) is 94.8 Å². The van der Waals surface area contributed by atoms with E-state index in [1.807, 2.05) is 6.92 Å². The second-order valence-corrected chi connectivity index (χ2v) is 4.53. The maximum atomic E-state index is 11.2. The maximum absolute atomic E-state index is 11.2. The predicted molar refractivity (Wildman–Crippen MR) is 73.9 cm³/mol. The van der Waals surface area contributed by atoms with Crippen molar-refractivity contribution >= 4 is 23.7 Å². The van der Waals surface area contributed by atoms with Gasteiger partial charge in [-0.05, 0) is 13.0 Å². The molecular formula is C11H14N6O2S. The number of carbonyl (C=O) groups is 1. The molecule has 0 saturated carbocycles. The first-order valence-corrected chi connectivity index (χ1v) is 6.91. The largest absolute Gasteiger partial charge is 0.468 e. The molecule has 2 heterocycles. The third kappa shape index (κ3) is 3.67. The van der Waals surface area contributed by atoms with Crippen molar-refractivity contribution in [2.45, 2.75) is 12.1 Å². The molecule has 0 spiro atoms. The molecule has 0 aliphatic carbocycles. The number of hydrogen-bond acceptors (Lipinski definition) is 8. The first-order valence-electron chi connectivity index (χ1n) is 5.92. The molecular weight excluding hydrogens is 280 g/mol. The smallest absolute Gasteiger partial charge is 0.316 e. The summed E-state index contributed by atoms with van der Waals surface area (Å²) in [6.07, 6.45) is 3.37. The van der Waals surface area contributed by atoms with Crippen molar-refractivity contribution in [3.63, 3.8) is 0 Å². The minimum atomic E-state index is -0.332. The number of methoxy groups -OCH3 is 1. The van der Waals surface area contributed by atoms with Crippen LogP contribution >= 0.6 is 11.8 Å². The number of anilines is 1. The number of nitrogens with zero attached hydrogens (tertiary/aromatic N) is 5. The fourth-order valence-corrected chi connectivity index (χ4v) is 1.98. The van der Waals surface area contributed by atoms with Crippen LogP contribution < -0.4 is 5.32 Å². The predicted octanol–water partition coefficient (Wildman–Crippen LogP) is 0.754. The number of nitrogens with one attached hydrogen (secondary N) is 1. The molecule has 0 radical (unpaired) electrons. The fourth-order valence-electron chi connectivity index (χ4n) is 1.32. The summed E-state index contributed by atoms with van der Waals surface area (Å²) in [5.74, 6) is 0.652. The van der Waals surface area contributed by atoms with E-state index in [9.17, 15) is 4.79 Å². The molecule has 0 aliphatic heterocycles. The van der Waals surface area contributed by atoms with Gasteiger partial charge in [-0.15, -0.1) is 0 Å². The van der Waals surface area contributed by atoms with Gasteiger partial charge in [-0.25, -0.2) is 4.68 Å². The molecule has 1 N–H and O–H groups in total. The molecule has 0 aromatic carbocycles. The Morgan fingerprint density at radius 2 is 2.30 bits per heavy atom. The summed E-state index contributed by atoms with van der Waals surface area (Å²) in [6.45, 7) is 2.63. The van der Waals surface area contributed by atoms with Crippen molar-refractivity contribution in [1.82, 2.24) is 24.7 Å². The SMILES string of the molecule is CCNc1nc(SCC(=O)OC)nc(-n2cccn2)n1. The Balaban J connectivity index is 2.24. The summed E-state index contributed by atoms with van der Waals surface area (Å²) < 4.78 is 6.12. The number of esters is 1. The van der Waals surface area contributed by atoms with Crippen LogP contribution in [-0.4, -0.2) is 50.1 Å². The molecule has 0 amide bonds. The highest BCUT2D eigenvalue weighted by atomic mass is 32.2. The second kappa shape index (κ2) is 6.85. The van der Waals surface area contributed by atoms with Crippen LogP contribution in [-0.2, 0) is 9.53 Å². The van der Waals surface area contributed by atoms with Crippen LogP contribution in [0.25, 0.3) is 5.95 Å². The summed E-state index contributed by atoms with van der Waals surface area (Å²) in [7, 11) is 1.34. The van der Waals surface area contributed by atoms with Crippen LogP contribution in [0.4, 0.5) is 5.95 Å². The molecule has 2 aromatic rings. The average Bonchev–Trinajstić information content (AvgIpc) is 2.99. The quantitative estimate of drug-likeness (QED) is 0.616. The lowest BCUT2D eigenvalue weighted by Crippen LogP contribution is -2.11. The highest BCUT2D eigenvalue weighted by molar-refractivity contribution is 7.99. The molecule has 8 nitrogen and oxygen atoms in total. The van der Waals surface area contributed by atoms with Gasteiger partial charge in [0.15, 0.2) is 5.16 Å². The standard InChI is InChI=1S/C11H14N6O2S/c1-3-12-9-14-10(17-6-4-5-13-17)16-11(15-9)20-7-8(18)19-2/h4-6H,3,7H2,1-2H3,(H,12,14,15,16). The minimum Gasteiger partial charge on any atom is -0.468 e. The van der Waals surface area contributed by atoms with E-state index in [0.717, 1.165) is 0 Å². The van der Waals surface area contributed by atoms with Gasteiger partial charge >= 0.3 is 5.97 Å². The maximum Gasteiger partial charge on any atom is 0.316 e. The summed E-state index contributed by atoms with van der Waals surface area (Å²) in [4.78, 5) is 23.9. The molecule has 0 unspecified atom stereocenters. The Morgan fingerprint density at radius 1 is 1.45 bits per heavy atom.